The molecule has 2 saturated heterocycles. The van der Waals surface area contributed by atoms with Gasteiger partial charge in [0.15, 0.2) is 0 Å². The number of amides is 2. The van der Waals surface area contributed by atoms with Crippen LogP contribution in [0.1, 0.15) is 45.4 Å². The molecule has 5 heteroatoms. The Hall–Kier alpha value is -1.10. The number of carbonyl (C=O) groups is 2. The maximum absolute atomic E-state index is 13.0. The molecule has 2 atom stereocenters. The van der Waals surface area contributed by atoms with Crippen LogP contribution in [0, 0.1) is 5.41 Å². The van der Waals surface area contributed by atoms with E-state index in [0.717, 1.165) is 58.2 Å². The molecule has 2 N–H and O–H groups in total. The van der Waals surface area contributed by atoms with Crippen molar-refractivity contribution in [1.29, 1.82) is 0 Å². The number of hydrogen-bond acceptors (Lipinski definition) is 3. The van der Waals surface area contributed by atoms with Crippen molar-refractivity contribution in [2.24, 2.45) is 5.41 Å². The zero-order valence-electron chi connectivity index (χ0n) is 12.7. The third kappa shape index (κ3) is 2.82. The van der Waals surface area contributed by atoms with E-state index >= 15 is 0 Å². The lowest BCUT2D eigenvalue weighted by molar-refractivity contribution is -0.151. The van der Waals surface area contributed by atoms with Gasteiger partial charge in [0.1, 0.15) is 6.04 Å². The fourth-order valence-electron chi connectivity index (χ4n) is 3.52. The Morgan fingerprint density at radius 3 is 2.75 bits per heavy atom. The molecule has 0 bridgehead atoms. The number of carbonyl (C=O) groups excluding carboxylic acids is 2. The van der Waals surface area contributed by atoms with E-state index in [2.05, 4.69) is 17.6 Å². The van der Waals surface area contributed by atoms with E-state index in [1.165, 1.54) is 0 Å². The average Bonchev–Trinajstić information content (AvgIpc) is 2.54. The molecule has 0 saturated carbocycles. The summed E-state index contributed by atoms with van der Waals surface area (Å²) in [5.74, 6) is 0.161. The molecule has 0 aromatic rings. The van der Waals surface area contributed by atoms with Crippen LogP contribution in [-0.4, -0.2) is 49.4 Å². The number of nitrogens with one attached hydrogen (secondary N) is 2. The van der Waals surface area contributed by atoms with Gasteiger partial charge < -0.3 is 15.5 Å². The van der Waals surface area contributed by atoms with Gasteiger partial charge in [-0.2, -0.15) is 0 Å². The molecule has 0 aromatic carbocycles. The van der Waals surface area contributed by atoms with Crippen molar-refractivity contribution in [2.45, 2.75) is 51.5 Å². The predicted molar refractivity (Wildman–Crippen MR) is 78.2 cm³/mol. The summed E-state index contributed by atoms with van der Waals surface area (Å²) in [5, 5.41) is 6.06. The second-order valence-corrected chi connectivity index (χ2v) is 6.04. The van der Waals surface area contributed by atoms with E-state index < -0.39 is 0 Å². The molecular weight excluding hydrogens is 254 g/mol. The molecule has 0 aromatic heterocycles. The van der Waals surface area contributed by atoms with Crippen LogP contribution in [0.5, 0.6) is 0 Å². The van der Waals surface area contributed by atoms with Crippen molar-refractivity contribution >= 4 is 11.8 Å². The lowest BCUT2D eigenvalue weighted by Crippen LogP contribution is -2.58. The van der Waals surface area contributed by atoms with Gasteiger partial charge in [-0.3, -0.25) is 9.59 Å². The van der Waals surface area contributed by atoms with Gasteiger partial charge in [0.05, 0.1) is 5.41 Å². The number of likely N-dealkylation sites (N-methyl/N-ethyl adjacent to an activating group) is 1. The Balaban J connectivity index is 2.17. The highest BCUT2D eigenvalue weighted by atomic mass is 16.2. The zero-order valence-corrected chi connectivity index (χ0v) is 12.7. The first-order valence-electron chi connectivity index (χ1n) is 7.88. The SMILES string of the molecule is CCC1(C(=O)N2CCCCC2C(=O)NC)CCCNC1. The molecule has 114 valence electrons. The summed E-state index contributed by atoms with van der Waals surface area (Å²) in [4.78, 5) is 26.9. The average molecular weight is 281 g/mol. The first-order valence-corrected chi connectivity index (χ1v) is 7.88. The molecule has 2 heterocycles. The van der Waals surface area contributed by atoms with E-state index in [1.54, 1.807) is 7.05 Å². The van der Waals surface area contributed by atoms with Crippen LogP contribution < -0.4 is 10.6 Å². The maximum atomic E-state index is 13.0. The zero-order chi connectivity index (χ0) is 14.6. The Morgan fingerprint density at radius 2 is 2.15 bits per heavy atom. The van der Waals surface area contributed by atoms with E-state index in [9.17, 15) is 9.59 Å². The monoisotopic (exact) mass is 281 g/mol. The van der Waals surface area contributed by atoms with Crippen molar-refractivity contribution in [2.75, 3.05) is 26.7 Å². The van der Waals surface area contributed by atoms with Crippen molar-refractivity contribution < 1.29 is 9.59 Å². The topological polar surface area (TPSA) is 61.4 Å². The van der Waals surface area contributed by atoms with Crippen molar-refractivity contribution in [3.63, 3.8) is 0 Å². The lowest BCUT2D eigenvalue weighted by Gasteiger charge is -2.43. The molecule has 0 spiro atoms. The molecule has 2 rings (SSSR count). The standard InChI is InChI=1S/C15H27N3O2/c1-3-15(8-6-9-17-11-15)14(20)18-10-5-4-7-12(18)13(19)16-2/h12,17H,3-11H2,1-2H3,(H,16,19). The van der Waals surface area contributed by atoms with Gasteiger partial charge in [-0.15, -0.1) is 0 Å². The Kier molecular flexibility index (Phi) is 5.02. The number of likely N-dealkylation sites (tertiary alicyclic amines) is 1. The van der Waals surface area contributed by atoms with Gasteiger partial charge in [0.25, 0.3) is 0 Å². The normalized spacial score (nSPS) is 30.9. The molecule has 0 radical (unpaired) electrons. The van der Waals surface area contributed by atoms with Crippen LogP contribution >= 0.6 is 0 Å². The quantitative estimate of drug-likeness (QED) is 0.808. The molecule has 2 fully saturated rings. The van der Waals surface area contributed by atoms with Gasteiger partial charge in [-0.1, -0.05) is 6.92 Å². The van der Waals surface area contributed by atoms with Crippen LogP contribution in [0.2, 0.25) is 0 Å². The van der Waals surface area contributed by atoms with E-state index in [0.29, 0.717) is 0 Å². The van der Waals surface area contributed by atoms with E-state index in [4.69, 9.17) is 0 Å². The summed E-state index contributed by atoms with van der Waals surface area (Å²) in [6, 6.07) is -0.272. The summed E-state index contributed by atoms with van der Waals surface area (Å²) < 4.78 is 0. The summed E-state index contributed by atoms with van der Waals surface area (Å²) in [5.41, 5.74) is -0.304. The smallest absolute Gasteiger partial charge is 0.242 e. The van der Waals surface area contributed by atoms with Gasteiger partial charge in [-0.25, -0.2) is 0 Å². The molecular formula is C15H27N3O2. The van der Waals surface area contributed by atoms with Gasteiger partial charge >= 0.3 is 0 Å². The molecule has 2 amide bonds. The first kappa shape index (κ1) is 15.3. The van der Waals surface area contributed by atoms with Gasteiger partial charge in [0.2, 0.25) is 11.8 Å². The summed E-state index contributed by atoms with van der Waals surface area (Å²) >= 11 is 0. The van der Waals surface area contributed by atoms with E-state index in [-0.39, 0.29) is 23.3 Å². The third-order valence-electron chi connectivity index (χ3n) is 4.92. The Morgan fingerprint density at radius 1 is 1.35 bits per heavy atom. The lowest BCUT2D eigenvalue weighted by atomic mass is 9.76. The highest BCUT2D eigenvalue weighted by Crippen LogP contribution is 2.34. The second kappa shape index (κ2) is 6.57. The van der Waals surface area contributed by atoms with Crippen LogP contribution in [0.25, 0.3) is 0 Å². The molecule has 0 aliphatic carbocycles. The predicted octanol–water partition coefficient (Wildman–Crippen LogP) is 0.893. The Labute approximate surface area is 121 Å². The van der Waals surface area contributed by atoms with E-state index in [1.807, 2.05) is 4.90 Å². The number of nitrogens with zero attached hydrogens (tertiary/aromatic N) is 1. The first-order chi connectivity index (χ1) is 9.64. The number of hydrogen-bond donors (Lipinski definition) is 2. The molecule has 5 nitrogen and oxygen atoms in total. The van der Waals surface area contributed by atoms with Crippen molar-refractivity contribution in [3.05, 3.63) is 0 Å². The fraction of sp³-hybridized carbons (Fsp3) is 0.867. The molecule has 20 heavy (non-hydrogen) atoms. The minimum atomic E-state index is -0.304. The van der Waals surface area contributed by atoms with Crippen molar-refractivity contribution in [3.8, 4) is 0 Å². The second-order valence-electron chi connectivity index (χ2n) is 6.04. The van der Waals surface area contributed by atoms with Crippen LogP contribution in [0.3, 0.4) is 0 Å². The summed E-state index contributed by atoms with van der Waals surface area (Å²) in [7, 11) is 1.65. The summed E-state index contributed by atoms with van der Waals surface area (Å²) in [6.07, 6.45) is 5.64. The number of piperidine rings is 2. The molecule has 2 unspecified atom stereocenters. The molecule has 2 aliphatic rings. The maximum Gasteiger partial charge on any atom is 0.242 e. The minimum absolute atomic E-state index is 0.0203. The van der Waals surface area contributed by atoms with Crippen molar-refractivity contribution in [1.82, 2.24) is 15.5 Å². The number of rotatable bonds is 3. The van der Waals surface area contributed by atoms with Gasteiger partial charge in [-0.05, 0) is 45.1 Å². The Bertz CT molecular complexity index is 364. The molecule has 2 aliphatic heterocycles. The highest BCUT2D eigenvalue weighted by molar-refractivity contribution is 5.90. The minimum Gasteiger partial charge on any atom is -0.357 e. The fourth-order valence-corrected chi connectivity index (χ4v) is 3.52. The third-order valence-corrected chi connectivity index (χ3v) is 4.92. The van der Waals surface area contributed by atoms with Crippen LogP contribution in [0.4, 0.5) is 0 Å². The van der Waals surface area contributed by atoms with Crippen LogP contribution in [0.15, 0.2) is 0 Å². The van der Waals surface area contributed by atoms with Crippen LogP contribution in [-0.2, 0) is 9.59 Å². The summed E-state index contributed by atoms with van der Waals surface area (Å²) in [6.45, 7) is 4.55. The largest absolute Gasteiger partial charge is 0.357 e. The highest BCUT2D eigenvalue weighted by Gasteiger charge is 2.44. The van der Waals surface area contributed by atoms with Gasteiger partial charge in [0, 0.05) is 20.1 Å².